The van der Waals surface area contributed by atoms with Gasteiger partial charge in [0.05, 0.1) is 18.8 Å². The number of nitrogens with zero attached hydrogens (tertiary/aromatic N) is 1. The largest absolute Gasteiger partial charge is 0.465 e. The number of hydrogen-bond donors (Lipinski definition) is 1. The van der Waals surface area contributed by atoms with Crippen LogP contribution < -0.4 is 0 Å². The summed E-state index contributed by atoms with van der Waals surface area (Å²) in [6, 6.07) is 9.63. The normalized spacial score (nSPS) is 21.6. The first-order valence-corrected chi connectivity index (χ1v) is 9.08. The number of carbonyl (C=O) groups excluding carboxylic acids is 1. The molecule has 0 saturated carbocycles. The number of likely N-dealkylation sites (tertiary alicyclic amines) is 1. The minimum atomic E-state index is -0.347. The monoisotopic (exact) mass is 345 g/mol. The third-order valence-corrected chi connectivity index (χ3v) is 5.81. The fraction of sp³-hybridized carbons (Fsp3) is 0.421. The van der Waals surface area contributed by atoms with Gasteiger partial charge in [-0.1, -0.05) is 12.1 Å². The molecule has 24 heavy (non-hydrogen) atoms. The average Bonchev–Trinajstić information content (AvgIpc) is 3.00. The van der Waals surface area contributed by atoms with E-state index in [2.05, 4.69) is 23.3 Å². The number of aryl methyl sites for hydroxylation is 1. The molecule has 1 aromatic heterocycles. The maximum absolute atomic E-state index is 11.6. The molecule has 1 saturated heterocycles. The summed E-state index contributed by atoms with van der Waals surface area (Å²) in [7, 11) is 1.39. The van der Waals surface area contributed by atoms with Crippen molar-refractivity contribution in [2.45, 2.75) is 31.9 Å². The number of benzene rings is 1. The van der Waals surface area contributed by atoms with Gasteiger partial charge in [0.15, 0.2) is 0 Å². The average molecular weight is 345 g/mol. The van der Waals surface area contributed by atoms with Crippen molar-refractivity contribution >= 4 is 17.3 Å². The highest BCUT2D eigenvalue weighted by Crippen LogP contribution is 2.34. The van der Waals surface area contributed by atoms with E-state index in [0.717, 1.165) is 25.1 Å². The highest BCUT2D eigenvalue weighted by molar-refractivity contribution is 7.10. The van der Waals surface area contributed by atoms with E-state index in [0.29, 0.717) is 12.1 Å². The maximum atomic E-state index is 11.6. The number of methoxy groups -OCH3 is 1. The van der Waals surface area contributed by atoms with Crippen molar-refractivity contribution in [3.05, 3.63) is 57.3 Å². The van der Waals surface area contributed by atoms with Crippen LogP contribution in [0.15, 0.2) is 35.7 Å². The van der Waals surface area contributed by atoms with Gasteiger partial charge in [0.25, 0.3) is 0 Å². The first-order valence-electron chi connectivity index (χ1n) is 8.20. The molecule has 0 spiro atoms. The van der Waals surface area contributed by atoms with Crippen LogP contribution in [-0.2, 0) is 11.3 Å². The van der Waals surface area contributed by atoms with Crippen molar-refractivity contribution in [2.24, 2.45) is 0 Å². The molecule has 1 N–H and O–H groups in total. The third kappa shape index (κ3) is 3.69. The molecule has 2 aromatic rings. The molecule has 0 bridgehead atoms. The van der Waals surface area contributed by atoms with Crippen molar-refractivity contribution in [3.8, 4) is 0 Å². The topological polar surface area (TPSA) is 49.8 Å². The van der Waals surface area contributed by atoms with E-state index >= 15 is 0 Å². The van der Waals surface area contributed by atoms with Crippen LogP contribution in [0.25, 0.3) is 0 Å². The van der Waals surface area contributed by atoms with Crippen LogP contribution in [-0.4, -0.2) is 42.3 Å². The molecule has 4 nitrogen and oxygen atoms in total. The summed E-state index contributed by atoms with van der Waals surface area (Å²) in [6.45, 7) is 4.45. The van der Waals surface area contributed by atoms with E-state index in [-0.39, 0.29) is 18.0 Å². The van der Waals surface area contributed by atoms with Gasteiger partial charge in [-0.05, 0) is 54.6 Å². The number of aliphatic hydroxyl groups excluding tert-OH is 1. The first-order chi connectivity index (χ1) is 11.6. The Kier molecular flexibility index (Phi) is 5.33. The maximum Gasteiger partial charge on any atom is 0.337 e. The second-order valence-corrected chi connectivity index (χ2v) is 7.31. The lowest BCUT2D eigenvalue weighted by atomic mass is 9.90. The van der Waals surface area contributed by atoms with E-state index in [1.54, 1.807) is 17.4 Å². The van der Waals surface area contributed by atoms with Gasteiger partial charge in [0.1, 0.15) is 0 Å². The van der Waals surface area contributed by atoms with E-state index in [4.69, 9.17) is 4.74 Å². The van der Waals surface area contributed by atoms with Crippen LogP contribution in [0.5, 0.6) is 0 Å². The minimum Gasteiger partial charge on any atom is -0.465 e. The van der Waals surface area contributed by atoms with Gasteiger partial charge >= 0.3 is 5.97 Å². The van der Waals surface area contributed by atoms with Crippen molar-refractivity contribution in [1.29, 1.82) is 0 Å². The number of aliphatic hydroxyl groups is 1. The molecule has 1 aliphatic heterocycles. The van der Waals surface area contributed by atoms with Crippen LogP contribution in [0.4, 0.5) is 0 Å². The highest BCUT2D eigenvalue weighted by atomic mass is 32.1. The van der Waals surface area contributed by atoms with Crippen molar-refractivity contribution in [1.82, 2.24) is 4.90 Å². The lowest BCUT2D eigenvalue weighted by Gasteiger charge is -2.36. The Morgan fingerprint density at radius 1 is 1.42 bits per heavy atom. The molecule has 0 unspecified atom stereocenters. The Hall–Kier alpha value is -1.69. The molecule has 2 atom stereocenters. The smallest absolute Gasteiger partial charge is 0.337 e. The number of ether oxygens (including phenoxy) is 1. The van der Waals surface area contributed by atoms with Crippen LogP contribution >= 0.6 is 11.3 Å². The fourth-order valence-corrected chi connectivity index (χ4v) is 4.51. The molecule has 128 valence electrons. The molecular formula is C19H23NO3S. The molecule has 5 heteroatoms. The second-order valence-electron chi connectivity index (χ2n) is 6.36. The van der Waals surface area contributed by atoms with E-state index in [9.17, 15) is 9.90 Å². The van der Waals surface area contributed by atoms with Crippen molar-refractivity contribution in [2.75, 3.05) is 20.2 Å². The van der Waals surface area contributed by atoms with Crippen LogP contribution in [0, 0.1) is 6.92 Å². The van der Waals surface area contributed by atoms with Gasteiger partial charge in [-0.25, -0.2) is 4.79 Å². The molecule has 1 fully saturated rings. The van der Waals surface area contributed by atoms with Crippen LogP contribution in [0.3, 0.4) is 0 Å². The minimum absolute atomic E-state index is 0.239. The summed E-state index contributed by atoms with van der Waals surface area (Å²) < 4.78 is 4.77. The van der Waals surface area contributed by atoms with Crippen LogP contribution in [0.2, 0.25) is 0 Å². The summed E-state index contributed by atoms with van der Waals surface area (Å²) in [5.74, 6) is -0.0774. The summed E-state index contributed by atoms with van der Waals surface area (Å²) in [5, 5.41) is 12.7. The van der Waals surface area contributed by atoms with Crippen LogP contribution in [0.1, 0.15) is 38.7 Å². The van der Waals surface area contributed by atoms with Gasteiger partial charge in [0, 0.05) is 23.9 Å². The number of rotatable bonds is 4. The van der Waals surface area contributed by atoms with Gasteiger partial charge in [0.2, 0.25) is 0 Å². The van der Waals surface area contributed by atoms with Crippen molar-refractivity contribution in [3.63, 3.8) is 0 Å². The molecule has 1 aromatic carbocycles. The fourth-order valence-electron chi connectivity index (χ4n) is 3.38. The highest BCUT2D eigenvalue weighted by Gasteiger charge is 2.30. The predicted molar refractivity (Wildman–Crippen MR) is 95.5 cm³/mol. The third-order valence-electron chi connectivity index (χ3n) is 4.66. The number of β-amino-alcohol motifs (C(OH)–C–C–N with tert-alkyl or cyclic N) is 1. The van der Waals surface area contributed by atoms with Gasteiger partial charge in [-0.15, -0.1) is 11.3 Å². The molecular weight excluding hydrogens is 322 g/mol. The van der Waals surface area contributed by atoms with E-state index in [1.165, 1.54) is 17.6 Å². The number of esters is 1. The van der Waals surface area contributed by atoms with Crippen molar-refractivity contribution < 1.29 is 14.6 Å². The van der Waals surface area contributed by atoms with Gasteiger partial charge in [-0.3, -0.25) is 4.90 Å². The van der Waals surface area contributed by atoms with Gasteiger partial charge in [-0.2, -0.15) is 0 Å². The zero-order valence-electron chi connectivity index (χ0n) is 14.1. The van der Waals surface area contributed by atoms with E-state index < -0.39 is 0 Å². The lowest BCUT2D eigenvalue weighted by Crippen LogP contribution is -2.42. The number of hydrogen-bond acceptors (Lipinski definition) is 5. The van der Waals surface area contributed by atoms with Gasteiger partial charge < -0.3 is 9.84 Å². The Morgan fingerprint density at radius 3 is 2.92 bits per heavy atom. The predicted octanol–water partition coefficient (Wildman–Crippen LogP) is 3.19. The number of piperidine rings is 1. The number of carbonyl (C=O) groups is 1. The quantitative estimate of drug-likeness (QED) is 0.865. The zero-order valence-corrected chi connectivity index (χ0v) is 14.9. The lowest BCUT2D eigenvalue weighted by molar-refractivity contribution is 0.0484. The summed E-state index contributed by atoms with van der Waals surface area (Å²) >= 11 is 1.74. The second kappa shape index (κ2) is 7.47. The molecule has 0 amide bonds. The standard InChI is InChI=1S/C19H23NO3S/c1-13-7-9-24-18(13)16-6-8-20(12-17(16)21)11-14-4-3-5-15(10-14)19(22)23-2/h3-5,7,9-10,16-17,21H,6,8,11-12H2,1-2H3/t16-,17-/m1/s1. The Balaban J connectivity index is 1.64. The molecule has 0 aliphatic carbocycles. The Labute approximate surface area is 146 Å². The molecule has 0 radical (unpaired) electrons. The summed E-state index contributed by atoms with van der Waals surface area (Å²) in [5.41, 5.74) is 2.92. The number of thiophene rings is 1. The zero-order chi connectivity index (χ0) is 17.1. The summed E-state index contributed by atoms with van der Waals surface area (Å²) in [6.07, 6.45) is 0.610. The summed E-state index contributed by atoms with van der Waals surface area (Å²) in [4.78, 5) is 15.2. The Bertz CT molecular complexity index is 712. The van der Waals surface area contributed by atoms with E-state index in [1.807, 2.05) is 18.2 Å². The first kappa shape index (κ1) is 17.1. The molecule has 1 aliphatic rings. The Morgan fingerprint density at radius 2 is 2.25 bits per heavy atom. The molecule has 2 heterocycles. The molecule has 3 rings (SSSR count). The SMILES string of the molecule is COC(=O)c1cccc(CN2CC[C@@H](c3sccc3C)[C@H](O)C2)c1.